The number of halogens is 3. The summed E-state index contributed by atoms with van der Waals surface area (Å²) in [7, 11) is 0. The highest BCUT2D eigenvalue weighted by atomic mass is 35.5. The fourth-order valence-corrected chi connectivity index (χ4v) is 3.09. The van der Waals surface area contributed by atoms with Gasteiger partial charge in [-0.2, -0.15) is 5.10 Å². The van der Waals surface area contributed by atoms with Gasteiger partial charge in [-0.25, -0.2) is 14.3 Å². The van der Waals surface area contributed by atoms with Gasteiger partial charge in [-0.15, -0.1) is 0 Å². The Morgan fingerprint density at radius 3 is 2.60 bits per heavy atom. The zero-order valence-electron chi connectivity index (χ0n) is 16.1. The Morgan fingerprint density at radius 2 is 1.93 bits per heavy atom. The van der Waals surface area contributed by atoms with E-state index in [1.165, 1.54) is 10.8 Å². The van der Waals surface area contributed by atoms with Crippen LogP contribution in [0, 0.1) is 6.92 Å². The SMILES string of the molecule is CCOC(=O)NC(=O)COC(=O)/C=C/c1c(C)nn(Cc2ccc(Cl)cc2Cl)c1Cl. The third-order valence-corrected chi connectivity index (χ3v) is 4.68. The van der Waals surface area contributed by atoms with Gasteiger partial charge < -0.3 is 9.47 Å². The third kappa shape index (κ3) is 6.76. The second-order valence-corrected chi connectivity index (χ2v) is 7.09. The molecule has 1 aromatic carbocycles. The van der Waals surface area contributed by atoms with Crippen molar-refractivity contribution in [2.45, 2.75) is 20.4 Å². The normalized spacial score (nSPS) is 10.8. The van der Waals surface area contributed by atoms with Crippen molar-refractivity contribution in [2.75, 3.05) is 13.2 Å². The number of amides is 2. The molecule has 1 heterocycles. The van der Waals surface area contributed by atoms with Crippen molar-refractivity contribution in [3.05, 3.63) is 56.3 Å². The summed E-state index contributed by atoms with van der Waals surface area (Å²) in [5.74, 6) is -1.60. The molecule has 11 heteroatoms. The molecule has 0 unspecified atom stereocenters. The molecular weight excluding hydrogens is 457 g/mol. The number of aromatic nitrogens is 2. The molecule has 1 aromatic heterocycles. The monoisotopic (exact) mass is 473 g/mol. The van der Waals surface area contributed by atoms with Crippen molar-refractivity contribution in [3.63, 3.8) is 0 Å². The Morgan fingerprint density at radius 1 is 1.20 bits per heavy atom. The highest BCUT2D eigenvalue weighted by molar-refractivity contribution is 6.35. The molecule has 0 saturated heterocycles. The zero-order chi connectivity index (χ0) is 22.3. The number of carbonyl (C=O) groups excluding carboxylic acids is 3. The average Bonchev–Trinajstić information content (AvgIpc) is 2.93. The molecule has 0 fully saturated rings. The van der Waals surface area contributed by atoms with E-state index in [0.29, 0.717) is 33.0 Å². The molecule has 1 N–H and O–H groups in total. The van der Waals surface area contributed by atoms with Crippen LogP contribution in [-0.2, 0) is 25.6 Å². The molecule has 160 valence electrons. The van der Waals surface area contributed by atoms with Crippen molar-refractivity contribution in [1.82, 2.24) is 15.1 Å². The van der Waals surface area contributed by atoms with E-state index in [1.54, 1.807) is 32.0 Å². The smallest absolute Gasteiger partial charge is 0.413 e. The summed E-state index contributed by atoms with van der Waals surface area (Å²) in [6.45, 7) is 3.10. The first-order valence-electron chi connectivity index (χ1n) is 8.69. The van der Waals surface area contributed by atoms with Crippen molar-refractivity contribution in [2.24, 2.45) is 0 Å². The number of nitrogens with one attached hydrogen (secondary N) is 1. The molecule has 8 nitrogen and oxygen atoms in total. The number of nitrogens with zero attached hydrogens (tertiary/aromatic N) is 2. The lowest BCUT2D eigenvalue weighted by Crippen LogP contribution is -2.34. The molecule has 0 aliphatic carbocycles. The molecule has 2 amide bonds. The number of aryl methyl sites for hydroxylation is 1. The lowest BCUT2D eigenvalue weighted by molar-refractivity contribution is -0.143. The summed E-state index contributed by atoms with van der Waals surface area (Å²) < 4.78 is 10.8. The summed E-state index contributed by atoms with van der Waals surface area (Å²) in [5.41, 5.74) is 1.86. The van der Waals surface area contributed by atoms with Gasteiger partial charge in [0.15, 0.2) is 6.61 Å². The number of benzene rings is 1. The van der Waals surface area contributed by atoms with Crippen molar-refractivity contribution >= 4 is 58.8 Å². The van der Waals surface area contributed by atoms with Crippen LogP contribution in [-0.4, -0.2) is 41.0 Å². The highest BCUT2D eigenvalue weighted by Crippen LogP contribution is 2.26. The van der Waals surface area contributed by atoms with E-state index in [2.05, 4.69) is 9.84 Å². The van der Waals surface area contributed by atoms with Gasteiger partial charge in [0.1, 0.15) is 5.15 Å². The molecule has 2 aromatic rings. The number of rotatable bonds is 7. The molecule has 0 bridgehead atoms. The van der Waals surface area contributed by atoms with Gasteiger partial charge in [0, 0.05) is 21.7 Å². The van der Waals surface area contributed by atoms with Crippen LogP contribution in [0.2, 0.25) is 15.2 Å². The minimum absolute atomic E-state index is 0.111. The summed E-state index contributed by atoms with van der Waals surface area (Å²) in [6.07, 6.45) is 1.62. The van der Waals surface area contributed by atoms with Gasteiger partial charge in [0.2, 0.25) is 0 Å². The lowest BCUT2D eigenvalue weighted by Gasteiger charge is -2.06. The third-order valence-electron chi connectivity index (χ3n) is 3.69. The maximum atomic E-state index is 11.8. The first kappa shape index (κ1) is 23.7. The summed E-state index contributed by atoms with van der Waals surface area (Å²) in [5, 5.41) is 7.55. The van der Waals surface area contributed by atoms with Gasteiger partial charge in [-0.1, -0.05) is 40.9 Å². The average molecular weight is 475 g/mol. The highest BCUT2D eigenvalue weighted by Gasteiger charge is 2.14. The van der Waals surface area contributed by atoms with Crippen LogP contribution in [0.5, 0.6) is 0 Å². The molecule has 0 radical (unpaired) electrons. The molecule has 0 aliphatic rings. The van der Waals surface area contributed by atoms with Crippen molar-refractivity contribution < 1.29 is 23.9 Å². The number of carbonyl (C=O) groups is 3. The van der Waals surface area contributed by atoms with Crippen LogP contribution in [0.3, 0.4) is 0 Å². The van der Waals surface area contributed by atoms with E-state index in [9.17, 15) is 14.4 Å². The van der Waals surface area contributed by atoms with E-state index in [1.807, 2.05) is 5.32 Å². The number of imide groups is 1. The number of alkyl carbamates (subject to hydrolysis) is 1. The van der Waals surface area contributed by atoms with Crippen LogP contribution in [0.1, 0.15) is 23.7 Å². The Hall–Kier alpha value is -2.55. The maximum Gasteiger partial charge on any atom is 0.413 e. The predicted octanol–water partition coefficient (Wildman–Crippen LogP) is 4.03. The number of hydrogen-bond acceptors (Lipinski definition) is 6. The van der Waals surface area contributed by atoms with Crippen LogP contribution in [0.25, 0.3) is 6.08 Å². The van der Waals surface area contributed by atoms with E-state index < -0.39 is 24.6 Å². The fourth-order valence-electron chi connectivity index (χ4n) is 2.33. The van der Waals surface area contributed by atoms with Gasteiger partial charge in [0.25, 0.3) is 5.91 Å². The standard InChI is InChI=1S/C19H18Cl3N3O5/c1-3-29-19(28)23-16(26)10-30-17(27)7-6-14-11(2)24-25(18(14)22)9-12-4-5-13(20)8-15(12)21/h4-8H,3,9-10H2,1-2H3,(H,23,26,28)/b7-6+. The molecule has 0 aliphatic heterocycles. The minimum atomic E-state index is -0.912. The molecule has 0 saturated carbocycles. The summed E-state index contributed by atoms with van der Waals surface area (Å²) in [6, 6.07) is 5.10. The Bertz CT molecular complexity index is 988. The van der Waals surface area contributed by atoms with E-state index in [0.717, 1.165) is 11.6 Å². The maximum absolute atomic E-state index is 11.8. The Balaban J connectivity index is 1.99. The van der Waals surface area contributed by atoms with E-state index in [-0.39, 0.29) is 6.61 Å². The van der Waals surface area contributed by atoms with Crippen LogP contribution in [0.15, 0.2) is 24.3 Å². The number of esters is 1. The van der Waals surface area contributed by atoms with Crippen LogP contribution < -0.4 is 5.32 Å². The number of hydrogen-bond donors (Lipinski definition) is 1. The fraction of sp³-hybridized carbons (Fsp3) is 0.263. The molecule has 0 atom stereocenters. The van der Waals surface area contributed by atoms with Crippen LogP contribution >= 0.6 is 34.8 Å². The second kappa shape index (κ2) is 11.0. The topological polar surface area (TPSA) is 99.5 Å². The zero-order valence-corrected chi connectivity index (χ0v) is 18.3. The number of ether oxygens (including phenoxy) is 2. The van der Waals surface area contributed by atoms with Crippen LogP contribution in [0.4, 0.5) is 4.79 Å². The summed E-state index contributed by atoms with van der Waals surface area (Å²) >= 11 is 18.5. The quantitative estimate of drug-likeness (QED) is 0.480. The Labute approximate surface area is 187 Å². The van der Waals surface area contributed by atoms with E-state index >= 15 is 0 Å². The summed E-state index contributed by atoms with van der Waals surface area (Å²) in [4.78, 5) is 34.4. The van der Waals surface area contributed by atoms with Gasteiger partial charge in [-0.05, 0) is 37.6 Å². The van der Waals surface area contributed by atoms with E-state index in [4.69, 9.17) is 39.5 Å². The van der Waals surface area contributed by atoms with Gasteiger partial charge in [0.05, 0.1) is 18.8 Å². The predicted molar refractivity (Wildman–Crippen MR) is 113 cm³/mol. The molecule has 0 spiro atoms. The molecular formula is C19H18Cl3N3O5. The van der Waals surface area contributed by atoms with Crippen molar-refractivity contribution in [1.29, 1.82) is 0 Å². The molecule has 2 rings (SSSR count). The van der Waals surface area contributed by atoms with Gasteiger partial charge >= 0.3 is 12.1 Å². The largest absolute Gasteiger partial charge is 0.452 e. The van der Waals surface area contributed by atoms with Gasteiger partial charge in [-0.3, -0.25) is 10.1 Å². The Kier molecular flexibility index (Phi) is 8.71. The first-order chi connectivity index (χ1) is 14.2. The van der Waals surface area contributed by atoms with Crippen molar-refractivity contribution in [3.8, 4) is 0 Å². The lowest BCUT2D eigenvalue weighted by atomic mass is 10.2. The second-order valence-electron chi connectivity index (χ2n) is 5.89. The molecule has 30 heavy (non-hydrogen) atoms. The first-order valence-corrected chi connectivity index (χ1v) is 9.83. The minimum Gasteiger partial charge on any atom is -0.452 e.